The SMILES string of the molecule is C=C(C)n1c(=O)n(Cc2nc3ccccc3n2CCc2nnnn2C)c2ccccc21. The van der Waals surface area contributed by atoms with Crippen molar-refractivity contribution in [1.29, 1.82) is 0 Å². The van der Waals surface area contributed by atoms with Gasteiger partial charge in [-0.2, -0.15) is 0 Å². The normalized spacial score (nSPS) is 11.5. The highest BCUT2D eigenvalue weighted by molar-refractivity contribution is 5.80. The van der Waals surface area contributed by atoms with Crippen molar-refractivity contribution >= 4 is 27.8 Å². The van der Waals surface area contributed by atoms with Crippen LogP contribution in [0.4, 0.5) is 0 Å². The predicted octanol–water partition coefficient (Wildman–Crippen LogP) is 2.46. The molecule has 0 aliphatic heterocycles. The Bertz CT molecular complexity index is 1480. The zero-order valence-electron chi connectivity index (χ0n) is 17.4. The fourth-order valence-corrected chi connectivity index (χ4v) is 4.04. The zero-order chi connectivity index (χ0) is 21.5. The molecule has 0 radical (unpaired) electrons. The van der Waals surface area contributed by atoms with Crippen LogP contribution in [0.1, 0.15) is 18.6 Å². The lowest BCUT2D eigenvalue weighted by atomic mass is 10.3. The summed E-state index contributed by atoms with van der Waals surface area (Å²) in [5, 5.41) is 11.7. The Morgan fingerprint density at radius 3 is 2.39 bits per heavy atom. The number of allylic oxidation sites excluding steroid dienone is 1. The van der Waals surface area contributed by atoms with E-state index in [0.29, 0.717) is 25.2 Å². The smallest absolute Gasteiger partial charge is 0.326 e. The van der Waals surface area contributed by atoms with Crippen LogP contribution < -0.4 is 5.69 Å². The molecule has 0 bridgehead atoms. The van der Waals surface area contributed by atoms with Crippen molar-refractivity contribution in [2.24, 2.45) is 7.05 Å². The lowest BCUT2D eigenvalue weighted by Gasteiger charge is -2.09. The molecule has 9 nitrogen and oxygen atoms in total. The predicted molar refractivity (Wildman–Crippen MR) is 119 cm³/mol. The summed E-state index contributed by atoms with van der Waals surface area (Å²) in [4.78, 5) is 18.1. The number of benzene rings is 2. The van der Waals surface area contributed by atoms with Gasteiger partial charge in [-0.1, -0.05) is 30.8 Å². The van der Waals surface area contributed by atoms with Crippen molar-refractivity contribution in [3.63, 3.8) is 0 Å². The molecule has 31 heavy (non-hydrogen) atoms. The molecule has 2 aromatic carbocycles. The summed E-state index contributed by atoms with van der Waals surface area (Å²) in [5.74, 6) is 1.60. The minimum atomic E-state index is -0.121. The maximum absolute atomic E-state index is 13.2. The number of rotatable bonds is 6. The van der Waals surface area contributed by atoms with Gasteiger partial charge in [0.25, 0.3) is 0 Å². The molecule has 0 aliphatic rings. The zero-order valence-corrected chi connectivity index (χ0v) is 17.4. The number of imidazole rings is 2. The Balaban J connectivity index is 1.62. The largest absolute Gasteiger partial charge is 0.333 e. The summed E-state index contributed by atoms with van der Waals surface area (Å²) in [6.45, 7) is 6.82. The molecule has 0 saturated heterocycles. The van der Waals surface area contributed by atoms with E-state index >= 15 is 0 Å². The highest BCUT2D eigenvalue weighted by atomic mass is 16.1. The van der Waals surface area contributed by atoms with E-state index in [4.69, 9.17) is 4.98 Å². The third-order valence-electron chi connectivity index (χ3n) is 5.52. The Hall–Kier alpha value is -4.01. The number of aryl methyl sites for hydroxylation is 3. The second kappa shape index (κ2) is 7.35. The number of nitrogens with zero attached hydrogens (tertiary/aromatic N) is 8. The van der Waals surface area contributed by atoms with Gasteiger partial charge in [0.1, 0.15) is 5.82 Å². The summed E-state index contributed by atoms with van der Waals surface area (Å²) >= 11 is 0. The number of aromatic nitrogens is 8. The lowest BCUT2D eigenvalue weighted by molar-refractivity contribution is 0.597. The number of para-hydroxylation sites is 4. The van der Waals surface area contributed by atoms with Crippen LogP contribution in [-0.2, 0) is 26.6 Å². The first-order valence-corrected chi connectivity index (χ1v) is 10.1. The number of fused-ring (bicyclic) bond motifs is 2. The monoisotopic (exact) mass is 414 g/mol. The summed E-state index contributed by atoms with van der Waals surface area (Å²) < 4.78 is 7.21. The highest BCUT2D eigenvalue weighted by Crippen LogP contribution is 2.20. The van der Waals surface area contributed by atoms with Crippen molar-refractivity contribution in [3.8, 4) is 0 Å². The standard InChI is InChI=1S/C22H22N8O/c1-15(2)30-19-11-7-6-10-18(19)29(22(30)31)14-21-23-16-8-4-5-9-17(16)28(21)13-12-20-24-25-26-27(20)3/h4-11H,1,12-14H2,2-3H3. The summed E-state index contributed by atoms with van der Waals surface area (Å²) in [5.41, 5.74) is 4.17. The Kier molecular flexibility index (Phi) is 4.50. The minimum absolute atomic E-state index is 0.121. The van der Waals surface area contributed by atoms with E-state index in [2.05, 4.69) is 26.7 Å². The molecule has 0 unspecified atom stereocenters. The van der Waals surface area contributed by atoms with Crippen LogP contribution in [-0.4, -0.2) is 38.9 Å². The maximum atomic E-state index is 13.2. The van der Waals surface area contributed by atoms with E-state index in [1.54, 1.807) is 13.8 Å². The summed E-state index contributed by atoms with van der Waals surface area (Å²) in [7, 11) is 1.83. The first-order chi connectivity index (χ1) is 15.0. The van der Waals surface area contributed by atoms with Crippen LogP contribution in [0, 0.1) is 0 Å². The molecule has 0 atom stereocenters. The van der Waals surface area contributed by atoms with Crippen LogP contribution in [0.5, 0.6) is 0 Å². The van der Waals surface area contributed by atoms with E-state index in [1.807, 2.05) is 62.5 Å². The van der Waals surface area contributed by atoms with Gasteiger partial charge in [-0.05, 0) is 41.6 Å². The van der Waals surface area contributed by atoms with Crippen molar-refractivity contribution in [1.82, 2.24) is 38.9 Å². The Labute approximate surface area is 177 Å². The first kappa shape index (κ1) is 19.0. The molecule has 9 heteroatoms. The van der Waals surface area contributed by atoms with Gasteiger partial charge in [0.05, 0.1) is 28.6 Å². The Morgan fingerprint density at radius 1 is 0.968 bits per heavy atom. The molecule has 0 aliphatic carbocycles. The van der Waals surface area contributed by atoms with E-state index in [0.717, 1.165) is 33.7 Å². The van der Waals surface area contributed by atoms with Crippen LogP contribution in [0.3, 0.4) is 0 Å². The van der Waals surface area contributed by atoms with Crippen molar-refractivity contribution in [2.75, 3.05) is 0 Å². The summed E-state index contributed by atoms with van der Waals surface area (Å²) in [6.07, 6.45) is 0.652. The van der Waals surface area contributed by atoms with Gasteiger partial charge in [0, 0.05) is 25.7 Å². The molecule has 0 amide bonds. The molecule has 3 aromatic heterocycles. The molecular formula is C22H22N8O. The van der Waals surface area contributed by atoms with Crippen LogP contribution >= 0.6 is 0 Å². The quantitative estimate of drug-likeness (QED) is 0.426. The van der Waals surface area contributed by atoms with E-state index < -0.39 is 0 Å². The topological polar surface area (TPSA) is 88.3 Å². The minimum Gasteiger partial charge on any atom is -0.326 e. The first-order valence-electron chi connectivity index (χ1n) is 10.1. The second-order valence-corrected chi connectivity index (χ2v) is 7.57. The Morgan fingerprint density at radius 2 is 1.68 bits per heavy atom. The van der Waals surface area contributed by atoms with Gasteiger partial charge >= 0.3 is 5.69 Å². The van der Waals surface area contributed by atoms with Gasteiger partial charge < -0.3 is 4.57 Å². The van der Waals surface area contributed by atoms with E-state index in [-0.39, 0.29) is 5.69 Å². The van der Waals surface area contributed by atoms with Crippen molar-refractivity contribution < 1.29 is 0 Å². The van der Waals surface area contributed by atoms with Gasteiger partial charge in [-0.15, -0.1) is 5.10 Å². The second-order valence-electron chi connectivity index (χ2n) is 7.57. The van der Waals surface area contributed by atoms with Crippen LogP contribution in [0.25, 0.3) is 27.8 Å². The molecule has 156 valence electrons. The molecular weight excluding hydrogens is 392 g/mol. The fraction of sp³-hybridized carbons (Fsp3) is 0.227. The van der Waals surface area contributed by atoms with Crippen LogP contribution in [0.15, 0.2) is 59.9 Å². The molecule has 0 saturated carbocycles. The lowest BCUT2D eigenvalue weighted by Crippen LogP contribution is -2.25. The van der Waals surface area contributed by atoms with E-state index in [1.165, 1.54) is 0 Å². The third-order valence-corrected chi connectivity index (χ3v) is 5.52. The molecule has 0 fully saturated rings. The number of tetrazole rings is 1. The average molecular weight is 414 g/mol. The molecule has 5 rings (SSSR count). The maximum Gasteiger partial charge on any atom is 0.333 e. The number of hydrogen-bond donors (Lipinski definition) is 0. The highest BCUT2D eigenvalue weighted by Gasteiger charge is 2.18. The fourth-order valence-electron chi connectivity index (χ4n) is 4.04. The van der Waals surface area contributed by atoms with Gasteiger partial charge in [-0.3, -0.25) is 9.13 Å². The third kappa shape index (κ3) is 3.14. The average Bonchev–Trinajstić information content (AvgIpc) is 3.41. The molecule has 0 N–H and O–H groups in total. The van der Waals surface area contributed by atoms with Crippen molar-refractivity contribution in [3.05, 3.63) is 77.2 Å². The molecule has 5 aromatic rings. The van der Waals surface area contributed by atoms with Crippen LogP contribution in [0.2, 0.25) is 0 Å². The van der Waals surface area contributed by atoms with Gasteiger partial charge in [0.15, 0.2) is 5.82 Å². The van der Waals surface area contributed by atoms with Gasteiger partial charge in [0.2, 0.25) is 0 Å². The van der Waals surface area contributed by atoms with Crippen molar-refractivity contribution in [2.45, 2.75) is 26.4 Å². The number of hydrogen-bond acceptors (Lipinski definition) is 5. The van der Waals surface area contributed by atoms with E-state index in [9.17, 15) is 4.79 Å². The summed E-state index contributed by atoms with van der Waals surface area (Å²) in [6, 6.07) is 15.7. The molecule has 0 spiro atoms. The van der Waals surface area contributed by atoms with Gasteiger partial charge in [-0.25, -0.2) is 14.5 Å². The molecule has 3 heterocycles.